The third-order valence-electron chi connectivity index (χ3n) is 4.97. The Morgan fingerprint density at radius 2 is 1.90 bits per heavy atom. The van der Waals surface area contributed by atoms with Crippen molar-refractivity contribution >= 4 is 33.1 Å². The predicted octanol–water partition coefficient (Wildman–Crippen LogP) is 4.76. The van der Waals surface area contributed by atoms with Crippen LogP contribution in [0.25, 0.3) is 15.9 Å². The summed E-state index contributed by atoms with van der Waals surface area (Å²) in [6.45, 7) is 2.81. The molecule has 0 spiro atoms. The van der Waals surface area contributed by atoms with Crippen LogP contribution in [0.4, 0.5) is 0 Å². The number of hydrogen-bond acceptors (Lipinski definition) is 5. The topological polar surface area (TPSA) is 68.5 Å². The number of aromatic nitrogens is 3. The van der Waals surface area contributed by atoms with E-state index >= 15 is 0 Å². The van der Waals surface area contributed by atoms with E-state index in [0.717, 1.165) is 32.1 Å². The molecule has 0 radical (unpaired) electrons. The average Bonchev–Trinajstić information content (AvgIpc) is 3.41. The van der Waals surface area contributed by atoms with Crippen molar-refractivity contribution in [3.05, 3.63) is 94.9 Å². The summed E-state index contributed by atoms with van der Waals surface area (Å²) in [7, 11) is 0. The van der Waals surface area contributed by atoms with Crippen molar-refractivity contribution in [1.82, 2.24) is 19.7 Å². The highest BCUT2D eigenvalue weighted by Crippen LogP contribution is 2.21. The van der Waals surface area contributed by atoms with Crippen LogP contribution in [0, 0.1) is 6.92 Å². The van der Waals surface area contributed by atoms with Crippen molar-refractivity contribution in [2.75, 3.05) is 0 Å². The predicted molar refractivity (Wildman–Crippen MR) is 121 cm³/mol. The molecule has 31 heavy (non-hydrogen) atoms. The Bertz CT molecular complexity index is 1340. The molecule has 0 aliphatic carbocycles. The van der Waals surface area contributed by atoms with Crippen LogP contribution in [0.2, 0.25) is 0 Å². The molecular weight excluding hydrogens is 408 g/mol. The maximum absolute atomic E-state index is 12.5. The van der Waals surface area contributed by atoms with Crippen LogP contribution in [-0.4, -0.2) is 20.3 Å². The van der Waals surface area contributed by atoms with E-state index in [9.17, 15) is 4.79 Å². The number of benzene rings is 2. The van der Waals surface area contributed by atoms with Crippen LogP contribution >= 0.6 is 11.3 Å². The lowest BCUT2D eigenvalue weighted by Crippen LogP contribution is -2.22. The maximum Gasteiger partial charge on any atom is 0.251 e. The highest BCUT2D eigenvalue weighted by Gasteiger charge is 2.09. The number of thiazole rings is 1. The van der Waals surface area contributed by atoms with Crippen LogP contribution < -0.4 is 10.1 Å². The van der Waals surface area contributed by atoms with Gasteiger partial charge in [0.25, 0.3) is 5.91 Å². The molecule has 0 fully saturated rings. The molecule has 2 aromatic carbocycles. The number of rotatable bonds is 6. The zero-order valence-corrected chi connectivity index (χ0v) is 17.7. The molecule has 1 N–H and O–H groups in total. The number of amides is 1. The maximum atomic E-state index is 12.5. The summed E-state index contributed by atoms with van der Waals surface area (Å²) >= 11 is 1.59. The molecule has 6 nitrogen and oxygen atoms in total. The summed E-state index contributed by atoms with van der Waals surface area (Å²) in [5.74, 6) is 0.554. The molecule has 0 bridgehead atoms. The van der Waals surface area contributed by atoms with Crippen LogP contribution in [0.1, 0.15) is 26.6 Å². The summed E-state index contributed by atoms with van der Waals surface area (Å²) in [5, 5.41) is 3.82. The molecule has 5 aromatic rings. The number of carbonyl (C=O) groups is 1. The minimum Gasteiger partial charge on any atom is -0.487 e. The van der Waals surface area contributed by atoms with Gasteiger partial charge >= 0.3 is 0 Å². The first-order chi connectivity index (χ1) is 15.2. The Hall–Kier alpha value is -3.71. The molecule has 0 aliphatic heterocycles. The molecule has 0 atom stereocenters. The molecule has 0 unspecified atom stereocenters. The highest BCUT2D eigenvalue weighted by atomic mass is 32.1. The second-order valence-corrected chi connectivity index (χ2v) is 8.34. The van der Waals surface area contributed by atoms with Gasteiger partial charge in [0.05, 0.1) is 22.5 Å². The van der Waals surface area contributed by atoms with Crippen molar-refractivity contribution in [2.45, 2.75) is 20.1 Å². The molecule has 1 amide bonds. The minimum absolute atomic E-state index is 0.137. The fraction of sp³-hybridized carbons (Fsp3) is 0.125. The fourth-order valence-electron chi connectivity index (χ4n) is 3.39. The quantitative estimate of drug-likeness (QED) is 0.423. The number of imidazole rings is 1. The molecule has 0 saturated heterocycles. The van der Waals surface area contributed by atoms with Crippen LogP contribution in [0.5, 0.6) is 5.75 Å². The number of nitrogens with one attached hydrogen (secondary N) is 1. The van der Waals surface area contributed by atoms with E-state index < -0.39 is 0 Å². The summed E-state index contributed by atoms with van der Waals surface area (Å²) in [6, 6.07) is 19.1. The number of para-hydroxylation sites is 1. The molecule has 5 rings (SSSR count). The number of aryl methyl sites for hydroxylation is 1. The summed E-state index contributed by atoms with van der Waals surface area (Å²) in [6.07, 6.45) is 3.94. The first kappa shape index (κ1) is 19.3. The standard InChI is InChI=1S/C24H20N4O2S/c1-16-5-4-12-28-14-18(26-23(16)28)15-30-19-10-8-17(9-11-19)24(29)25-13-22-27-20-6-2-3-7-21(20)31-22/h2-12,14H,13,15H2,1H3,(H,25,29). The van der Waals surface area contributed by atoms with E-state index in [1.54, 1.807) is 35.6 Å². The second kappa shape index (κ2) is 8.20. The van der Waals surface area contributed by atoms with Gasteiger partial charge in [-0.2, -0.15) is 0 Å². The van der Waals surface area contributed by atoms with Crippen molar-refractivity contribution in [3.8, 4) is 5.75 Å². The summed E-state index contributed by atoms with van der Waals surface area (Å²) in [4.78, 5) is 21.6. The molecule has 3 aromatic heterocycles. The Morgan fingerprint density at radius 3 is 2.71 bits per heavy atom. The lowest BCUT2D eigenvalue weighted by atomic mass is 10.2. The number of nitrogens with zero attached hydrogens (tertiary/aromatic N) is 3. The molecule has 7 heteroatoms. The largest absolute Gasteiger partial charge is 0.487 e. The van der Waals surface area contributed by atoms with E-state index in [2.05, 4.69) is 15.3 Å². The lowest BCUT2D eigenvalue weighted by molar-refractivity contribution is 0.0951. The Kier molecular flexibility index (Phi) is 5.09. The van der Waals surface area contributed by atoms with Gasteiger partial charge in [-0.3, -0.25) is 4.79 Å². The SMILES string of the molecule is Cc1cccn2cc(COc3ccc(C(=O)NCc4nc5ccccc5s4)cc3)nc12. The van der Waals surface area contributed by atoms with Crippen molar-refractivity contribution in [1.29, 1.82) is 0 Å². The zero-order valence-electron chi connectivity index (χ0n) is 16.9. The first-order valence-electron chi connectivity index (χ1n) is 9.94. The molecule has 154 valence electrons. The minimum atomic E-state index is -0.137. The molecule has 0 saturated carbocycles. The lowest BCUT2D eigenvalue weighted by Gasteiger charge is -2.06. The van der Waals surface area contributed by atoms with Gasteiger partial charge in [0.1, 0.15) is 23.0 Å². The Labute approximate surface area is 183 Å². The molecule has 3 heterocycles. The van der Waals surface area contributed by atoms with Gasteiger partial charge in [0.15, 0.2) is 0 Å². The number of ether oxygens (including phenoxy) is 1. The molecular formula is C24H20N4O2S. The monoisotopic (exact) mass is 428 g/mol. The van der Waals surface area contributed by atoms with E-state index in [-0.39, 0.29) is 5.91 Å². The van der Waals surface area contributed by atoms with Gasteiger partial charge in [-0.25, -0.2) is 9.97 Å². The van der Waals surface area contributed by atoms with Crippen molar-refractivity contribution in [2.24, 2.45) is 0 Å². The van der Waals surface area contributed by atoms with Gasteiger partial charge in [-0.05, 0) is 55.0 Å². The number of hydrogen-bond donors (Lipinski definition) is 1. The summed E-state index contributed by atoms with van der Waals surface area (Å²) < 4.78 is 8.96. The third-order valence-corrected chi connectivity index (χ3v) is 6.01. The first-order valence-corrected chi connectivity index (χ1v) is 10.8. The Morgan fingerprint density at radius 1 is 1.06 bits per heavy atom. The average molecular weight is 429 g/mol. The van der Waals surface area contributed by atoms with Crippen LogP contribution in [0.3, 0.4) is 0 Å². The smallest absolute Gasteiger partial charge is 0.251 e. The zero-order chi connectivity index (χ0) is 21.2. The fourth-order valence-corrected chi connectivity index (χ4v) is 4.29. The normalized spacial score (nSPS) is 11.1. The number of pyridine rings is 1. The number of carbonyl (C=O) groups excluding carboxylic acids is 1. The second-order valence-electron chi connectivity index (χ2n) is 7.23. The van der Waals surface area contributed by atoms with Gasteiger partial charge in [0, 0.05) is 18.0 Å². The van der Waals surface area contributed by atoms with Crippen molar-refractivity contribution in [3.63, 3.8) is 0 Å². The van der Waals surface area contributed by atoms with E-state index in [0.29, 0.717) is 24.5 Å². The van der Waals surface area contributed by atoms with Crippen LogP contribution in [0.15, 0.2) is 73.1 Å². The van der Waals surface area contributed by atoms with E-state index in [4.69, 9.17) is 4.74 Å². The third kappa shape index (κ3) is 4.13. The Balaban J connectivity index is 1.18. The van der Waals surface area contributed by atoms with Gasteiger partial charge < -0.3 is 14.5 Å². The molecule has 0 aliphatic rings. The van der Waals surface area contributed by atoms with Crippen LogP contribution in [-0.2, 0) is 13.2 Å². The van der Waals surface area contributed by atoms with Crippen molar-refractivity contribution < 1.29 is 9.53 Å². The highest BCUT2D eigenvalue weighted by molar-refractivity contribution is 7.18. The van der Waals surface area contributed by atoms with Gasteiger partial charge in [0.2, 0.25) is 0 Å². The van der Waals surface area contributed by atoms with E-state index in [1.807, 2.05) is 60.1 Å². The van der Waals surface area contributed by atoms with E-state index in [1.165, 1.54) is 0 Å². The number of fused-ring (bicyclic) bond motifs is 2. The van der Waals surface area contributed by atoms with Gasteiger partial charge in [-0.15, -0.1) is 11.3 Å². The van der Waals surface area contributed by atoms with Gasteiger partial charge in [-0.1, -0.05) is 18.2 Å². The summed E-state index contributed by atoms with van der Waals surface area (Å²) in [5.41, 5.74) is 4.44.